The number of rotatable bonds is 9. The Bertz CT molecular complexity index is 1410. The number of aromatic nitrogens is 4. The minimum atomic E-state index is -0.339. The van der Waals surface area contributed by atoms with E-state index in [0.29, 0.717) is 22.8 Å². The molecule has 1 aliphatic heterocycles. The van der Waals surface area contributed by atoms with Crippen LogP contribution < -0.4 is 16.2 Å². The van der Waals surface area contributed by atoms with E-state index in [2.05, 4.69) is 44.1 Å². The van der Waals surface area contributed by atoms with Crippen molar-refractivity contribution in [1.82, 2.24) is 24.4 Å². The summed E-state index contributed by atoms with van der Waals surface area (Å²) in [6, 6.07) is 14.5. The van der Waals surface area contributed by atoms with Gasteiger partial charge in [-0.05, 0) is 48.7 Å². The molecule has 0 radical (unpaired) electrons. The van der Waals surface area contributed by atoms with Gasteiger partial charge in [-0.2, -0.15) is 9.97 Å². The first-order valence-electron chi connectivity index (χ1n) is 12.0. The van der Waals surface area contributed by atoms with Crippen LogP contribution in [0.2, 0.25) is 5.02 Å². The topological polar surface area (TPSA) is 111 Å². The lowest BCUT2D eigenvalue weighted by molar-refractivity contribution is 0.141. The maximum Gasteiger partial charge on any atom is 0.328 e. The van der Waals surface area contributed by atoms with Crippen LogP contribution in [0.5, 0.6) is 6.01 Å². The fourth-order valence-electron chi connectivity index (χ4n) is 4.52. The van der Waals surface area contributed by atoms with Crippen molar-refractivity contribution in [2.75, 3.05) is 39.1 Å². The molecule has 10 heteroatoms. The van der Waals surface area contributed by atoms with E-state index < -0.39 is 0 Å². The highest BCUT2D eigenvalue weighted by molar-refractivity contribution is 6.33. The minimum absolute atomic E-state index is 0.0892. The van der Waals surface area contributed by atoms with E-state index in [-0.39, 0.29) is 30.7 Å². The number of aromatic amines is 1. The van der Waals surface area contributed by atoms with Crippen LogP contribution in [0, 0.1) is 0 Å². The van der Waals surface area contributed by atoms with Crippen LogP contribution in [0.15, 0.2) is 47.3 Å². The number of nitrogens with one attached hydrogen (secondary N) is 1. The summed E-state index contributed by atoms with van der Waals surface area (Å²) in [7, 11) is 1.58. The first kappa shape index (κ1) is 24.3. The first-order valence-corrected chi connectivity index (χ1v) is 12.4. The van der Waals surface area contributed by atoms with E-state index in [1.54, 1.807) is 7.11 Å². The smallest absolute Gasteiger partial charge is 0.328 e. The number of hydrogen-bond acceptors (Lipinski definition) is 7. The number of fused-ring (bicyclic) bond motifs is 1. The van der Waals surface area contributed by atoms with Gasteiger partial charge < -0.3 is 20.2 Å². The number of nitrogens with two attached hydrogens (primary N) is 1. The van der Waals surface area contributed by atoms with Gasteiger partial charge in [0.2, 0.25) is 0 Å². The zero-order valence-electron chi connectivity index (χ0n) is 20.2. The third-order valence-corrected chi connectivity index (χ3v) is 6.71. The average molecular weight is 509 g/mol. The highest BCUT2D eigenvalue weighted by atomic mass is 35.5. The Morgan fingerprint density at radius 3 is 2.50 bits per heavy atom. The molecule has 0 aliphatic carbocycles. The van der Waals surface area contributed by atoms with E-state index in [9.17, 15) is 4.79 Å². The molecule has 3 N–H and O–H groups in total. The number of benzene rings is 2. The second-order valence-corrected chi connectivity index (χ2v) is 9.35. The lowest BCUT2D eigenvalue weighted by Crippen LogP contribution is -2.18. The number of H-pyrrole nitrogens is 1. The molecule has 2 aromatic heterocycles. The summed E-state index contributed by atoms with van der Waals surface area (Å²) in [5.41, 5.74) is 10.6. The molecular weight excluding hydrogens is 480 g/mol. The minimum Gasteiger partial charge on any atom is -0.461 e. The number of ether oxygens (including phenoxy) is 2. The monoisotopic (exact) mass is 508 g/mol. The third-order valence-electron chi connectivity index (χ3n) is 6.39. The fraction of sp³-hybridized carbons (Fsp3) is 0.346. The highest BCUT2D eigenvalue weighted by Crippen LogP contribution is 2.30. The number of likely N-dealkylation sites (tertiary alicyclic amines) is 1. The maximum atomic E-state index is 12.7. The predicted molar refractivity (Wildman–Crippen MR) is 140 cm³/mol. The van der Waals surface area contributed by atoms with Crippen LogP contribution >= 0.6 is 11.6 Å². The number of methoxy groups -OCH3 is 1. The second kappa shape index (κ2) is 10.7. The van der Waals surface area contributed by atoms with Gasteiger partial charge in [-0.3, -0.25) is 9.47 Å². The van der Waals surface area contributed by atoms with Crippen LogP contribution in [-0.2, 0) is 17.8 Å². The van der Waals surface area contributed by atoms with Gasteiger partial charge in [-0.1, -0.05) is 48.0 Å². The molecule has 5 rings (SSSR count). The zero-order chi connectivity index (χ0) is 25.1. The molecule has 0 bridgehead atoms. The Kier molecular flexibility index (Phi) is 7.22. The summed E-state index contributed by atoms with van der Waals surface area (Å²) in [4.78, 5) is 26.4. The molecule has 188 valence electrons. The second-order valence-electron chi connectivity index (χ2n) is 8.94. The predicted octanol–water partition coefficient (Wildman–Crippen LogP) is 3.69. The van der Waals surface area contributed by atoms with Crippen molar-refractivity contribution in [1.29, 1.82) is 0 Å². The van der Waals surface area contributed by atoms with Gasteiger partial charge >= 0.3 is 11.7 Å². The summed E-state index contributed by atoms with van der Waals surface area (Å²) < 4.78 is 12.0. The Labute approximate surface area is 213 Å². The number of halogens is 1. The van der Waals surface area contributed by atoms with Gasteiger partial charge in [0.15, 0.2) is 11.5 Å². The van der Waals surface area contributed by atoms with Crippen LogP contribution in [0.3, 0.4) is 0 Å². The molecular formula is C26H29ClN6O3. The lowest BCUT2D eigenvalue weighted by atomic mass is 10.0. The van der Waals surface area contributed by atoms with Crippen molar-refractivity contribution in [2.24, 2.45) is 0 Å². The Balaban J connectivity index is 1.36. The van der Waals surface area contributed by atoms with Gasteiger partial charge in [-0.25, -0.2) is 4.79 Å². The molecule has 2 aromatic carbocycles. The highest BCUT2D eigenvalue weighted by Gasteiger charge is 2.16. The standard InChI is InChI=1S/C26H29ClN6O3/c1-35-12-13-36-25-30-23(28)22-24(31-25)33(26(34)29-22)16-18-6-9-20(21(27)14-18)19-7-4-17(5-8-19)15-32-10-2-3-11-32/h4-9,14H,2-3,10-13,15-16H2,1H3,(H,29,34)(H2,28,30,31). The molecule has 0 amide bonds. The van der Waals surface area contributed by atoms with Crippen LogP contribution in [0.1, 0.15) is 24.0 Å². The molecule has 1 saturated heterocycles. The van der Waals surface area contributed by atoms with Crippen LogP contribution in [-0.4, -0.2) is 57.8 Å². The average Bonchev–Trinajstić information content (AvgIpc) is 3.49. The molecule has 9 nitrogen and oxygen atoms in total. The summed E-state index contributed by atoms with van der Waals surface area (Å²) in [6.07, 6.45) is 2.57. The fourth-order valence-corrected chi connectivity index (χ4v) is 4.83. The number of nitrogen functional groups attached to an aromatic ring is 1. The Morgan fingerprint density at radius 2 is 1.78 bits per heavy atom. The molecule has 0 saturated carbocycles. The summed E-state index contributed by atoms with van der Waals surface area (Å²) in [5.74, 6) is 0.143. The largest absolute Gasteiger partial charge is 0.461 e. The van der Waals surface area contributed by atoms with Crippen LogP contribution in [0.4, 0.5) is 5.82 Å². The van der Waals surface area contributed by atoms with Gasteiger partial charge in [0, 0.05) is 24.2 Å². The van der Waals surface area contributed by atoms with Crippen molar-refractivity contribution in [3.63, 3.8) is 0 Å². The number of imidazole rings is 1. The Morgan fingerprint density at radius 1 is 1.03 bits per heavy atom. The van der Waals surface area contributed by atoms with E-state index in [1.165, 1.54) is 36.1 Å². The van der Waals surface area contributed by atoms with Crippen molar-refractivity contribution >= 4 is 28.6 Å². The molecule has 0 unspecified atom stereocenters. The SMILES string of the molecule is COCCOc1nc(N)c2[nH]c(=O)n(Cc3ccc(-c4ccc(CN5CCCC5)cc4)c(Cl)c3)c2n1. The molecule has 3 heterocycles. The third kappa shape index (κ3) is 5.23. The maximum absolute atomic E-state index is 12.7. The van der Waals surface area contributed by atoms with Gasteiger partial charge in [-0.15, -0.1) is 0 Å². The molecule has 0 atom stereocenters. The van der Waals surface area contributed by atoms with Crippen molar-refractivity contribution in [2.45, 2.75) is 25.9 Å². The lowest BCUT2D eigenvalue weighted by Gasteiger charge is -2.15. The summed E-state index contributed by atoms with van der Waals surface area (Å²) in [5, 5.41) is 0.616. The molecule has 4 aromatic rings. The van der Waals surface area contributed by atoms with E-state index in [1.807, 2.05) is 18.2 Å². The summed E-state index contributed by atoms with van der Waals surface area (Å²) >= 11 is 6.68. The van der Waals surface area contributed by atoms with Crippen LogP contribution in [0.25, 0.3) is 22.3 Å². The number of hydrogen-bond donors (Lipinski definition) is 2. The number of anilines is 1. The van der Waals surface area contributed by atoms with Gasteiger partial charge in [0.25, 0.3) is 0 Å². The van der Waals surface area contributed by atoms with E-state index in [0.717, 1.165) is 23.2 Å². The molecule has 0 spiro atoms. The van der Waals surface area contributed by atoms with Gasteiger partial charge in [0.05, 0.1) is 13.2 Å². The van der Waals surface area contributed by atoms with Gasteiger partial charge in [0.1, 0.15) is 12.1 Å². The molecule has 1 fully saturated rings. The van der Waals surface area contributed by atoms with E-state index in [4.69, 9.17) is 26.8 Å². The van der Waals surface area contributed by atoms with E-state index >= 15 is 0 Å². The van der Waals surface area contributed by atoms with Crippen molar-refractivity contribution < 1.29 is 9.47 Å². The van der Waals surface area contributed by atoms with Crippen molar-refractivity contribution in [3.8, 4) is 17.1 Å². The molecule has 1 aliphatic rings. The normalized spacial score (nSPS) is 14.1. The van der Waals surface area contributed by atoms with Crippen molar-refractivity contribution in [3.05, 3.63) is 69.1 Å². The number of nitrogens with zero attached hydrogens (tertiary/aromatic N) is 4. The first-order chi connectivity index (χ1) is 17.5. The zero-order valence-corrected chi connectivity index (χ0v) is 20.9. The molecule has 36 heavy (non-hydrogen) atoms. The Hall–Kier alpha value is -3.40. The quantitative estimate of drug-likeness (QED) is 0.332. The summed E-state index contributed by atoms with van der Waals surface area (Å²) in [6.45, 7) is 4.26.